The normalized spacial score (nSPS) is 11.6. The van der Waals surface area contributed by atoms with Gasteiger partial charge in [0.2, 0.25) is 0 Å². The summed E-state index contributed by atoms with van der Waals surface area (Å²) in [4.78, 5) is 23.7. The number of benzene rings is 2. The molecule has 114 valence electrons. The molecule has 0 unspecified atom stereocenters. The number of carbonyl (C=O) groups excluding carboxylic acids is 2. The fraction of sp³-hybridized carbons (Fsp3) is 0.125. The summed E-state index contributed by atoms with van der Waals surface area (Å²) in [7, 11) is 0. The Morgan fingerprint density at radius 3 is 2.50 bits per heavy atom. The lowest BCUT2D eigenvalue weighted by Crippen LogP contribution is -2.30. The average molecular weight is 305 g/mol. The molecular formula is C16H13F2NO3. The molecule has 6 heteroatoms. The highest BCUT2D eigenvalue weighted by atomic mass is 19.1. The number of para-hydroxylation sites is 1. The molecule has 2 aromatic carbocycles. The van der Waals surface area contributed by atoms with Crippen molar-refractivity contribution in [3.05, 3.63) is 65.7 Å². The molecule has 0 aromatic heterocycles. The Balaban J connectivity index is 1.99. The quantitative estimate of drug-likeness (QED) is 0.883. The third-order valence-corrected chi connectivity index (χ3v) is 2.85. The number of halogens is 2. The summed E-state index contributed by atoms with van der Waals surface area (Å²) in [6.45, 7) is 1.34. The summed E-state index contributed by atoms with van der Waals surface area (Å²) in [5.74, 6) is -2.71. The summed E-state index contributed by atoms with van der Waals surface area (Å²) < 4.78 is 31.4. The van der Waals surface area contributed by atoms with Crippen LogP contribution in [0.1, 0.15) is 17.3 Å². The molecule has 0 fully saturated rings. The van der Waals surface area contributed by atoms with Crippen LogP contribution in [0.3, 0.4) is 0 Å². The first-order valence-electron chi connectivity index (χ1n) is 6.49. The maximum atomic E-state index is 13.4. The maximum Gasteiger partial charge on any atom is 0.339 e. The molecule has 4 nitrogen and oxygen atoms in total. The first-order valence-corrected chi connectivity index (χ1v) is 6.49. The second kappa shape index (κ2) is 6.80. The molecule has 1 N–H and O–H groups in total. The largest absolute Gasteiger partial charge is 0.449 e. The van der Waals surface area contributed by atoms with E-state index in [2.05, 4.69) is 5.32 Å². The van der Waals surface area contributed by atoms with Crippen molar-refractivity contribution in [2.24, 2.45) is 0 Å². The van der Waals surface area contributed by atoms with Crippen molar-refractivity contribution in [1.29, 1.82) is 0 Å². The van der Waals surface area contributed by atoms with Gasteiger partial charge in [0.15, 0.2) is 6.10 Å². The fourth-order valence-corrected chi connectivity index (χ4v) is 1.69. The van der Waals surface area contributed by atoms with E-state index < -0.39 is 29.6 Å². The summed E-state index contributed by atoms with van der Waals surface area (Å²) in [6, 6.07) is 10.5. The van der Waals surface area contributed by atoms with Gasteiger partial charge in [-0.15, -0.1) is 0 Å². The molecule has 2 aromatic rings. The SMILES string of the molecule is C[C@@H](OC(=O)c1cccc(F)c1)C(=O)Nc1ccccc1F. The molecule has 0 saturated carbocycles. The Hall–Kier alpha value is -2.76. The van der Waals surface area contributed by atoms with Crippen molar-refractivity contribution < 1.29 is 23.1 Å². The maximum absolute atomic E-state index is 13.4. The van der Waals surface area contributed by atoms with Crippen molar-refractivity contribution in [3.8, 4) is 0 Å². The van der Waals surface area contributed by atoms with Gasteiger partial charge >= 0.3 is 5.97 Å². The van der Waals surface area contributed by atoms with Gasteiger partial charge in [0.25, 0.3) is 5.91 Å². The van der Waals surface area contributed by atoms with E-state index in [1.807, 2.05) is 0 Å². The molecule has 1 atom stereocenters. The van der Waals surface area contributed by atoms with E-state index in [1.165, 1.54) is 43.3 Å². The number of anilines is 1. The number of rotatable bonds is 4. The predicted octanol–water partition coefficient (Wildman–Crippen LogP) is 3.15. The summed E-state index contributed by atoms with van der Waals surface area (Å²) in [6.07, 6.45) is -1.16. The van der Waals surface area contributed by atoms with Gasteiger partial charge in [0.1, 0.15) is 11.6 Å². The summed E-state index contributed by atoms with van der Waals surface area (Å²) in [5.41, 5.74) is -0.0216. The monoisotopic (exact) mass is 305 g/mol. The van der Waals surface area contributed by atoms with Crippen LogP contribution in [0.25, 0.3) is 0 Å². The number of hydrogen-bond acceptors (Lipinski definition) is 3. The summed E-state index contributed by atoms with van der Waals surface area (Å²) in [5, 5.41) is 2.31. The van der Waals surface area contributed by atoms with Crippen LogP contribution < -0.4 is 5.32 Å². The van der Waals surface area contributed by atoms with Gasteiger partial charge < -0.3 is 10.1 Å². The number of hydrogen-bond donors (Lipinski definition) is 1. The van der Waals surface area contributed by atoms with Crippen molar-refractivity contribution in [3.63, 3.8) is 0 Å². The van der Waals surface area contributed by atoms with Gasteiger partial charge in [0.05, 0.1) is 11.3 Å². The second-order valence-electron chi connectivity index (χ2n) is 4.53. The minimum atomic E-state index is -1.16. The van der Waals surface area contributed by atoms with Gasteiger partial charge in [-0.25, -0.2) is 13.6 Å². The lowest BCUT2D eigenvalue weighted by molar-refractivity contribution is -0.123. The van der Waals surface area contributed by atoms with Crippen molar-refractivity contribution in [2.45, 2.75) is 13.0 Å². The molecule has 0 spiro atoms. The fourth-order valence-electron chi connectivity index (χ4n) is 1.69. The average Bonchev–Trinajstić information content (AvgIpc) is 2.49. The number of amides is 1. The summed E-state index contributed by atoms with van der Waals surface area (Å²) >= 11 is 0. The zero-order valence-corrected chi connectivity index (χ0v) is 11.7. The molecule has 0 aliphatic heterocycles. The lowest BCUT2D eigenvalue weighted by atomic mass is 10.2. The number of nitrogens with one attached hydrogen (secondary N) is 1. The first-order chi connectivity index (χ1) is 10.5. The molecule has 0 heterocycles. The lowest BCUT2D eigenvalue weighted by Gasteiger charge is -2.14. The molecule has 0 saturated heterocycles. The van der Waals surface area contributed by atoms with E-state index in [9.17, 15) is 18.4 Å². The van der Waals surface area contributed by atoms with Crippen molar-refractivity contribution >= 4 is 17.6 Å². The third-order valence-electron chi connectivity index (χ3n) is 2.85. The van der Waals surface area contributed by atoms with Crippen LogP contribution in [-0.4, -0.2) is 18.0 Å². The zero-order valence-electron chi connectivity index (χ0n) is 11.7. The highest BCUT2D eigenvalue weighted by molar-refractivity contribution is 5.97. The smallest absolute Gasteiger partial charge is 0.339 e. The van der Waals surface area contributed by atoms with E-state index in [4.69, 9.17) is 4.74 Å². The molecule has 2 rings (SSSR count). The highest BCUT2D eigenvalue weighted by Crippen LogP contribution is 2.13. The standard InChI is InChI=1S/C16H13F2NO3/c1-10(15(20)19-14-8-3-2-7-13(14)18)22-16(21)11-5-4-6-12(17)9-11/h2-10H,1H3,(H,19,20)/t10-/m1/s1. The molecule has 1 amide bonds. The van der Waals surface area contributed by atoms with Crippen LogP contribution in [0.15, 0.2) is 48.5 Å². The Bertz CT molecular complexity index is 703. The van der Waals surface area contributed by atoms with Crippen molar-refractivity contribution in [1.82, 2.24) is 0 Å². The van der Waals surface area contributed by atoms with Crippen LogP contribution >= 0.6 is 0 Å². The molecule has 0 radical (unpaired) electrons. The number of esters is 1. The molecular weight excluding hydrogens is 292 g/mol. The van der Waals surface area contributed by atoms with Crippen molar-refractivity contribution in [2.75, 3.05) is 5.32 Å². The molecule has 0 aliphatic carbocycles. The van der Waals surface area contributed by atoms with E-state index >= 15 is 0 Å². The molecule has 22 heavy (non-hydrogen) atoms. The number of carbonyl (C=O) groups is 2. The Labute approximate surface area is 125 Å². The topological polar surface area (TPSA) is 55.4 Å². The zero-order chi connectivity index (χ0) is 16.1. The Morgan fingerprint density at radius 1 is 1.09 bits per heavy atom. The van der Waals surface area contributed by atoms with E-state index in [-0.39, 0.29) is 11.3 Å². The minimum absolute atomic E-state index is 0.00876. The second-order valence-corrected chi connectivity index (χ2v) is 4.53. The minimum Gasteiger partial charge on any atom is -0.449 e. The van der Waals surface area contributed by atoms with Crippen LogP contribution in [-0.2, 0) is 9.53 Å². The van der Waals surface area contributed by atoms with Crippen LogP contribution in [0, 0.1) is 11.6 Å². The van der Waals surface area contributed by atoms with Gasteiger partial charge in [-0.2, -0.15) is 0 Å². The van der Waals surface area contributed by atoms with Gasteiger partial charge in [-0.05, 0) is 37.3 Å². The van der Waals surface area contributed by atoms with Gasteiger partial charge in [-0.3, -0.25) is 4.79 Å². The number of ether oxygens (including phenoxy) is 1. The Kier molecular flexibility index (Phi) is 4.83. The predicted molar refractivity (Wildman–Crippen MR) is 76.3 cm³/mol. The van der Waals surface area contributed by atoms with E-state index in [1.54, 1.807) is 6.07 Å². The highest BCUT2D eigenvalue weighted by Gasteiger charge is 2.20. The van der Waals surface area contributed by atoms with E-state index in [0.717, 1.165) is 6.07 Å². The van der Waals surface area contributed by atoms with Gasteiger partial charge in [-0.1, -0.05) is 18.2 Å². The Morgan fingerprint density at radius 2 is 1.82 bits per heavy atom. The van der Waals surface area contributed by atoms with Crippen LogP contribution in [0.4, 0.5) is 14.5 Å². The first kappa shape index (κ1) is 15.6. The van der Waals surface area contributed by atoms with Crippen LogP contribution in [0.2, 0.25) is 0 Å². The van der Waals surface area contributed by atoms with E-state index in [0.29, 0.717) is 0 Å². The molecule has 0 bridgehead atoms. The third kappa shape index (κ3) is 3.88. The van der Waals surface area contributed by atoms with Crippen LogP contribution in [0.5, 0.6) is 0 Å². The molecule has 0 aliphatic rings. The van der Waals surface area contributed by atoms with Gasteiger partial charge in [0, 0.05) is 0 Å².